The molecule has 0 aliphatic heterocycles. The van der Waals surface area contributed by atoms with Crippen LogP contribution in [0.4, 0.5) is 0 Å². The summed E-state index contributed by atoms with van der Waals surface area (Å²) in [6.07, 6.45) is 9.36. The minimum atomic E-state index is 0.499. The van der Waals surface area contributed by atoms with Crippen molar-refractivity contribution in [3.8, 4) is 23.0 Å². The van der Waals surface area contributed by atoms with Gasteiger partial charge < -0.3 is 4.52 Å². The highest BCUT2D eigenvalue weighted by molar-refractivity contribution is 5.93. The Hall–Kier alpha value is -3.61. The maximum absolute atomic E-state index is 5.68. The van der Waals surface area contributed by atoms with Crippen LogP contribution in [0, 0.1) is 6.92 Å². The molecule has 1 fully saturated rings. The number of nitrogens with zero attached hydrogens (tertiary/aromatic N) is 6. The summed E-state index contributed by atoms with van der Waals surface area (Å²) in [6, 6.07) is 8.38. The molecular formula is C21H16N6O. The Labute approximate surface area is 160 Å². The number of imidazole rings is 1. The Morgan fingerprint density at radius 1 is 1.11 bits per heavy atom. The number of aryl methyl sites for hydroxylation is 1. The lowest BCUT2D eigenvalue weighted by Gasteiger charge is -2.07. The van der Waals surface area contributed by atoms with E-state index >= 15 is 0 Å². The highest BCUT2D eigenvalue weighted by Crippen LogP contribution is 2.41. The van der Waals surface area contributed by atoms with Gasteiger partial charge >= 0.3 is 0 Å². The van der Waals surface area contributed by atoms with E-state index in [9.17, 15) is 0 Å². The fraction of sp³-hybridized carbons (Fsp3) is 0.190. The van der Waals surface area contributed by atoms with Crippen molar-refractivity contribution in [3.05, 3.63) is 60.3 Å². The normalized spacial score (nSPS) is 14.2. The van der Waals surface area contributed by atoms with Crippen molar-refractivity contribution in [1.29, 1.82) is 0 Å². The summed E-state index contributed by atoms with van der Waals surface area (Å²) in [6.45, 7) is 2.07. The van der Waals surface area contributed by atoms with Gasteiger partial charge in [0.15, 0.2) is 5.65 Å². The van der Waals surface area contributed by atoms with Crippen LogP contribution in [-0.2, 0) is 0 Å². The first-order chi connectivity index (χ1) is 13.8. The molecule has 0 atom stereocenters. The zero-order chi connectivity index (χ0) is 18.7. The van der Waals surface area contributed by atoms with Crippen molar-refractivity contribution in [2.45, 2.75) is 25.7 Å². The van der Waals surface area contributed by atoms with Crippen LogP contribution in [0.5, 0.6) is 0 Å². The predicted octanol–water partition coefficient (Wildman–Crippen LogP) is 4.18. The maximum Gasteiger partial charge on any atom is 0.259 e. The summed E-state index contributed by atoms with van der Waals surface area (Å²) in [4.78, 5) is 18.0. The van der Waals surface area contributed by atoms with Crippen molar-refractivity contribution in [2.75, 3.05) is 0 Å². The van der Waals surface area contributed by atoms with Crippen LogP contribution in [0.1, 0.15) is 30.0 Å². The molecule has 0 unspecified atom stereocenters. The van der Waals surface area contributed by atoms with E-state index in [1.165, 1.54) is 18.4 Å². The molecule has 1 aliphatic rings. The Morgan fingerprint density at radius 3 is 2.93 bits per heavy atom. The van der Waals surface area contributed by atoms with Crippen molar-refractivity contribution in [2.24, 2.45) is 0 Å². The van der Waals surface area contributed by atoms with E-state index in [0.717, 1.165) is 33.5 Å². The molecule has 136 valence electrons. The van der Waals surface area contributed by atoms with E-state index in [1.807, 2.05) is 10.6 Å². The molecular weight excluding hydrogens is 352 g/mol. The molecule has 1 aromatic carbocycles. The molecule has 0 radical (unpaired) electrons. The maximum atomic E-state index is 5.68. The first-order valence-electron chi connectivity index (χ1n) is 9.29. The van der Waals surface area contributed by atoms with Crippen molar-refractivity contribution >= 4 is 16.6 Å². The number of rotatable bonds is 3. The smallest absolute Gasteiger partial charge is 0.259 e. The SMILES string of the molecule is Cc1ccc2nc(C3CC3)cc(-c3nc(-c4cnc5cnccn45)no3)c2c1. The quantitative estimate of drug-likeness (QED) is 0.475. The van der Waals surface area contributed by atoms with Crippen LogP contribution in [0.2, 0.25) is 0 Å². The topological polar surface area (TPSA) is 82.0 Å². The first-order valence-corrected chi connectivity index (χ1v) is 9.29. The lowest BCUT2D eigenvalue weighted by Crippen LogP contribution is -1.93. The van der Waals surface area contributed by atoms with Gasteiger partial charge in [-0.2, -0.15) is 4.98 Å². The molecule has 6 rings (SSSR count). The summed E-state index contributed by atoms with van der Waals surface area (Å²) in [5, 5.41) is 5.25. The second-order valence-electron chi connectivity index (χ2n) is 7.26. The van der Waals surface area contributed by atoms with Crippen LogP contribution >= 0.6 is 0 Å². The second-order valence-corrected chi connectivity index (χ2v) is 7.26. The van der Waals surface area contributed by atoms with Crippen molar-refractivity contribution < 1.29 is 4.52 Å². The standard InChI is InChI=1S/C21H16N6O/c1-12-2-5-16-14(8-12)15(9-17(24-16)13-3-4-13)21-25-20(26-28-21)18-10-23-19-11-22-6-7-27(18)19/h2,5-11,13H,3-4H2,1H3. The molecule has 28 heavy (non-hydrogen) atoms. The third-order valence-corrected chi connectivity index (χ3v) is 5.18. The molecule has 4 aromatic heterocycles. The largest absolute Gasteiger partial charge is 0.334 e. The fourth-order valence-electron chi connectivity index (χ4n) is 3.57. The zero-order valence-corrected chi connectivity index (χ0v) is 15.2. The van der Waals surface area contributed by atoms with Gasteiger partial charge in [-0.1, -0.05) is 16.8 Å². The van der Waals surface area contributed by atoms with Gasteiger partial charge in [-0.3, -0.25) is 14.4 Å². The summed E-state index contributed by atoms with van der Waals surface area (Å²) in [5.41, 5.74) is 5.68. The highest BCUT2D eigenvalue weighted by atomic mass is 16.5. The van der Waals surface area contributed by atoms with Gasteiger partial charge in [0, 0.05) is 29.4 Å². The van der Waals surface area contributed by atoms with Gasteiger partial charge in [-0.25, -0.2) is 4.98 Å². The molecule has 0 bridgehead atoms. The van der Waals surface area contributed by atoms with Crippen LogP contribution < -0.4 is 0 Å². The lowest BCUT2D eigenvalue weighted by molar-refractivity contribution is 0.432. The molecule has 1 saturated carbocycles. The molecule has 0 spiro atoms. The van der Waals surface area contributed by atoms with Crippen LogP contribution in [0.25, 0.3) is 39.5 Å². The Kier molecular flexibility index (Phi) is 3.14. The molecule has 0 saturated heterocycles. The van der Waals surface area contributed by atoms with E-state index in [4.69, 9.17) is 9.51 Å². The Bertz CT molecular complexity index is 1350. The molecule has 0 amide bonds. The summed E-state index contributed by atoms with van der Waals surface area (Å²) >= 11 is 0. The van der Waals surface area contributed by atoms with E-state index in [1.54, 1.807) is 18.6 Å². The first kappa shape index (κ1) is 15.4. The Morgan fingerprint density at radius 2 is 2.04 bits per heavy atom. The number of hydrogen-bond donors (Lipinski definition) is 0. The van der Waals surface area contributed by atoms with Crippen LogP contribution in [0.3, 0.4) is 0 Å². The van der Waals surface area contributed by atoms with Gasteiger partial charge in [-0.05, 0) is 38.0 Å². The molecule has 7 heteroatoms. The molecule has 5 aromatic rings. The molecule has 4 heterocycles. The van der Waals surface area contributed by atoms with Gasteiger partial charge in [0.25, 0.3) is 5.89 Å². The summed E-state index contributed by atoms with van der Waals surface area (Å²) in [7, 11) is 0. The van der Waals surface area contributed by atoms with Crippen LogP contribution in [0.15, 0.2) is 53.6 Å². The number of benzene rings is 1. The van der Waals surface area contributed by atoms with E-state index < -0.39 is 0 Å². The Balaban J connectivity index is 1.53. The van der Waals surface area contributed by atoms with Gasteiger partial charge in [0.1, 0.15) is 5.69 Å². The van der Waals surface area contributed by atoms with Gasteiger partial charge in [-0.15, -0.1) is 0 Å². The third kappa shape index (κ3) is 2.40. The van der Waals surface area contributed by atoms with Crippen LogP contribution in [-0.4, -0.2) is 29.5 Å². The highest BCUT2D eigenvalue weighted by Gasteiger charge is 2.27. The minimum Gasteiger partial charge on any atom is -0.334 e. The molecule has 7 nitrogen and oxygen atoms in total. The van der Waals surface area contributed by atoms with E-state index in [-0.39, 0.29) is 0 Å². The van der Waals surface area contributed by atoms with Gasteiger partial charge in [0.05, 0.1) is 23.5 Å². The summed E-state index contributed by atoms with van der Waals surface area (Å²) in [5.74, 6) is 1.54. The minimum absolute atomic E-state index is 0.499. The zero-order valence-electron chi connectivity index (χ0n) is 15.2. The van der Waals surface area contributed by atoms with Gasteiger partial charge in [0.2, 0.25) is 5.82 Å². The molecule has 1 aliphatic carbocycles. The lowest BCUT2D eigenvalue weighted by atomic mass is 10.0. The summed E-state index contributed by atoms with van der Waals surface area (Å²) < 4.78 is 7.58. The predicted molar refractivity (Wildman–Crippen MR) is 104 cm³/mol. The number of hydrogen-bond acceptors (Lipinski definition) is 6. The second kappa shape index (κ2) is 5.69. The average molecular weight is 368 g/mol. The van der Waals surface area contributed by atoms with E-state index in [0.29, 0.717) is 17.6 Å². The van der Waals surface area contributed by atoms with E-state index in [2.05, 4.69) is 51.3 Å². The molecule has 0 N–H and O–H groups in total. The third-order valence-electron chi connectivity index (χ3n) is 5.18. The number of fused-ring (bicyclic) bond motifs is 2. The average Bonchev–Trinajstić information content (AvgIpc) is 3.30. The number of aromatic nitrogens is 6. The van der Waals surface area contributed by atoms with Crippen molar-refractivity contribution in [3.63, 3.8) is 0 Å². The fourth-order valence-corrected chi connectivity index (χ4v) is 3.57. The van der Waals surface area contributed by atoms with Crippen molar-refractivity contribution in [1.82, 2.24) is 29.5 Å². The number of pyridine rings is 1. The monoisotopic (exact) mass is 368 g/mol.